The summed E-state index contributed by atoms with van der Waals surface area (Å²) in [5.74, 6) is -2.34. The highest BCUT2D eigenvalue weighted by Gasteiger charge is 2.29. The Labute approximate surface area is 232 Å². The number of para-hydroxylation sites is 1. The third kappa shape index (κ3) is 8.86. The summed E-state index contributed by atoms with van der Waals surface area (Å²) in [5, 5.41) is 8.97. The number of nitrogens with two attached hydrogens (primary N) is 3. The third-order valence-corrected chi connectivity index (χ3v) is 6.31. The Bertz CT molecular complexity index is 1350. The van der Waals surface area contributed by atoms with Crippen LogP contribution in [0, 0.1) is 0 Å². The molecule has 0 spiro atoms. The van der Waals surface area contributed by atoms with E-state index in [0.717, 1.165) is 22.0 Å². The first-order valence-corrected chi connectivity index (χ1v) is 13.0. The Kier molecular flexibility index (Phi) is 10.6. The van der Waals surface area contributed by atoms with E-state index in [-0.39, 0.29) is 31.8 Å². The lowest BCUT2D eigenvalue weighted by molar-refractivity contribution is -0.133. The van der Waals surface area contributed by atoms with E-state index in [2.05, 4.69) is 25.9 Å². The van der Waals surface area contributed by atoms with E-state index in [1.807, 2.05) is 54.6 Å². The number of guanidine groups is 1. The Morgan fingerprint density at radius 3 is 2.15 bits per heavy atom. The van der Waals surface area contributed by atoms with Crippen molar-refractivity contribution in [1.82, 2.24) is 20.9 Å². The molecular weight excluding hydrogens is 512 g/mol. The molecular formula is C28H36N8O4. The Morgan fingerprint density at radius 1 is 0.825 bits per heavy atom. The smallest absolute Gasteiger partial charge is 0.243 e. The van der Waals surface area contributed by atoms with Gasteiger partial charge in [0.2, 0.25) is 23.6 Å². The van der Waals surface area contributed by atoms with Gasteiger partial charge in [-0.2, -0.15) is 0 Å². The molecule has 0 radical (unpaired) electrons. The zero-order valence-electron chi connectivity index (χ0n) is 22.4. The lowest BCUT2D eigenvalue weighted by Gasteiger charge is -2.24. The number of carbonyl (C=O) groups excluding carboxylic acids is 4. The van der Waals surface area contributed by atoms with Crippen LogP contribution in [0.5, 0.6) is 0 Å². The molecule has 212 valence electrons. The van der Waals surface area contributed by atoms with E-state index >= 15 is 0 Å². The number of aliphatic imine (C=N–C) groups is 1. The normalized spacial score (nSPS) is 13.0. The molecule has 0 aliphatic rings. The van der Waals surface area contributed by atoms with Crippen molar-refractivity contribution in [1.29, 1.82) is 0 Å². The first kappa shape index (κ1) is 29.7. The molecule has 12 heteroatoms. The van der Waals surface area contributed by atoms with Crippen molar-refractivity contribution < 1.29 is 19.2 Å². The molecule has 10 N–H and O–H groups in total. The second kappa shape index (κ2) is 14.3. The van der Waals surface area contributed by atoms with Gasteiger partial charge >= 0.3 is 0 Å². The SMILES string of the molecule is CC(=O)N[C@H](Cc1ccccc1)C(=O)N[C@@H](CCCN=C(N)N)C(=O)N[C@H](Cc1c[nH]c2ccccc12)C(N)=O. The van der Waals surface area contributed by atoms with Gasteiger partial charge in [0.05, 0.1) is 0 Å². The van der Waals surface area contributed by atoms with E-state index in [0.29, 0.717) is 6.42 Å². The van der Waals surface area contributed by atoms with Crippen molar-refractivity contribution in [2.24, 2.45) is 22.2 Å². The van der Waals surface area contributed by atoms with E-state index in [1.165, 1.54) is 6.92 Å². The standard InChI is InChI=1S/C28H36N8O4/c1-17(37)34-24(14-18-8-3-2-4-9-18)27(40)35-22(12-7-13-32-28(30)31)26(39)36-23(25(29)38)15-19-16-33-21-11-6-5-10-20(19)21/h2-6,8-11,16,22-24,33H,7,12-15H2,1H3,(H2,29,38)(H,34,37)(H,35,40)(H,36,39)(H4,30,31,32)/t22-,23+,24+/m0/s1. The third-order valence-electron chi connectivity index (χ3n) is 6.31. The lowest BCUT2D eigenvalue weighted by atomic mass is 10.0. The summed E-state index contributed by atoms with van der Waals surface area (Å²) in [4.78, 5) is 57.9. The predicted octanol–water partition coefficient (Wildman–Crippen LogP) is -0.0337. The number of carbonyl (C=O) groups is 4. The van der Waals surface area contributed by atoms with Gasteiger partial charge in [-0.1, -0.05) is 48.5 Å². The summed E-state index contributed by atoms with van der Waals surface area (Å²) in [5.41, 5.74) is 19.0. The molecule has 12 nitrogen and oxygen atoms in total. The van der Waals surface area contributed by atoms with Crippen molar-refractivity contribution in [3.8, 4) is 0 Å². The van der Waals surface area contributed by atoms with Gasteiger partial charge in [-0.15, -0.1) is 0 Å². The number of benzene rings is 2. The molecule has 3 atom stereocenters. The molecule has 40 heavy (non-hydrogen) atoms. The maximum Gasteiger partial charge on any atom is 0.243 e. The van der Waals surface area contributed by atoms with Gasteiger partial charge in [-0.25, -0.2) is 0 Å². The van der Waals surface area contributed by atoms with E-state index in [9.17, 15) is 19.2 Å². The van der Waals surface area contributed by atoms with Gasteiger partial charge in [-0.05, 0) is 30.0 Å². The van der Waals surface area contributed by atoms with Crippen molar-refractivity contribution in [2.75, 3.05) is 6.54 Å². The van der Waals surface area contributed by atoms with Gasteiger partial charge in [0.1, 0.15) is 18.1 Å². The lowest BCUT2D eigenvalue weighted by Crippen LogP contribution is -2.57. The number of amides is 4. The molecule has 3 rings (SSSR count). The maximum atomic E-state index is 13.4. The molecule has 1 aromatic heterocycles. The largest absolute Gasteiger partial charge is 0.370 e. The van der Waals surface area contributed by atoms with Gasteiger partial charge < -0.3 is 38.1 Å². The number of hydrogen-bond donors (Lipinski definition) is 7. The van der Waals surface area contributed by atoms with Gasteiger partial charge in [0, 0.05) is 43.4 Å². The molecule has 0 aliphatic heterocycles. The van der Waals surface area contributed by atoms with Crippen LogP contribution in [0.1, 0.15) is 30.9 Å². The number of nitrogens with zero attached hydrogens (tertiary/aromatic N) is 1. The Hall–Kier alpha value is -4.87. The summed E-state index contributed by atoms with van der Waals surface area (Å²) in [6.07, 6.45) is 2.68. The van der Waals surface area contributed by atoms with Crippen molar-refractivity contribution in [2.45, 2.75) is 50.7 Å². The second-order valence-corrected chi connectivity index (χ2v) is 9.48. The number of H-pyrrole nitrogens is 1. The van der Waals surface area contributed by atoms with E-state index < -0.39 is 41.8 Å². The number of aromatic nitrogens is 1. The molecule has 0 aliphatic carbocycles. The second-order valence-electron chi connectivity index (χ2n) is 9.48. The first-order chi connectivity index (χ1) is 19.1. The molecule has 0 saturated heterocycles. The highest BCUT2D eigenvalue weighted by molar-refractivity contribution is 5.94. The number of aromatic amines is 1. The fraction of sp³-hybridized carbons (Fsp3) is 0.321. The van der Waals surface area contributed by atoms with Gasteiger partial charge in [-0.3, -0.25) is 24.2 Å². The Morgan fingerprint density at radius 2 is 1.48 bits per heavy atom. The minimum atomic E-state index is -1.04. The van der Waals surface area contributed by atoms with Crippen molar-refractivity contribution in [3.05, 3.63) is 71.9 Å². The minimum Gasteiger partial charge on any atom is -0.370 e. The molecule has 0 saturated carbocycles. The molecule has 3 aromatic rings. The first-order valence-electron chi connectivity index (χ1n) is 13.0. The number of hydrogen-bond acceptors (Lipinski definition) is 5. The number of fused-ring (bicyclic) bond motifs is 1. The van der Waals surface area contributed by atoms with Crippen LogP contribution < -0.4 is 33.2 Å². The van der Waals surface area contributed by atoms with Gasteiger partial charge in [0.25, 0.3) is 0 Å². The quantitative estimate of drug-likeness (QED) is 0.0834. The van der Waals surface area contributed by atoms with Crippen molar-refractivity contribution >= 4 is 40.5 Å². The number of rotatable bonds is 14. The Balaban J connectivity index is 1.77. The zero-order chi connectivity index (χ0) is 29.1. The summed E-state index contributed by atoms with van der Waals surface area (Å²) in [6.45, 7) is 1.54. The molecule has 1 heterocycles. The minimum absolute atomic E-state index is 0.0915. The maximum absolute atomic E-state index is 13.4. The monoisotopic (exact) mass is 548 g/mol. The van der Waals surface area contributed by atoms with Crippen LogP contribution >= 0.6 is 0 Å². The van der Waals surface area contributed by atoms with E-state index in [4.69, 9.17) is 17.2 Å². The predicted molar refractivity (Wildman–Crippen MR) is 153 cm³/mol. The number of nitrogens with one attached hydrogen (secondary N) is 4. The fourth-order valence-corrected chi connectivity index (χ4v) is 4.36. The summed E-state index contributed by atoms with van der Waals surface area (Å²) < 4.78 is 0. The van der Waals surface area contributed by atoms with Crippen LogP contribution in [0.3, 0.4) is 0 Å². The van der Waals surface area contributed by atoms with Crippen LogP contribution in [0.15, 0.2) is 65.8 Å². The summed E-state index contributed by atoms with van der Waals surface area (Å²) in [7, 11) is 0. The molecule has 0 unspecified atom stereocenters. The molecule has 0 fully saturated rings. The number of primary amides is 1. The van der Waals surface area contributed by atoms with Crippen LogP contribution in [0.4, 0.5) is 0 Å². The highest BCUT2D eigenvalue weighted by atomic mass is 16.2. The summed E-state index contributed by atoms with van der Waals surface area (Å²) >= 11 is 0. The van der Waals surface area contributed by atoms with Crippen LogP contribution in [0.2, 0.25) is 0 Å². The molecule has 2 aromatic carbocycles. The average molecular weight is 549 g/mol. The van der Waals surface area contributed by atoms with Crippen LogP contribution in [-0.4, -0.2) is 59.2 Å². The highest BCUT2D eigenvalue weighted by Crippen LogP contribution is 2.19. The molecule has 0 bridgehead atoms. The average Bonchev–Trinajstić information content (AvgIpc) is 3.32. The van der Waals surface area contributed by atoms with Crippen molar-refractivity contribution in [3.63, 3.8) is 0 Å². The van der Waals surface area contributed by atoms with Gasteiger partial charge in [0.15, 0.2) is 5.96 Å². The van der Waals surface area contributed by atoms with E-state index in [1.54, 1.807) is 6.20 Å². The summed E-state index contributed by atoms with van der Waals surface area (Å²) in [6, 6.07) is 13.8. The topological polar surface area (TPSA) is 211 Å². The zero-order valence-corrected chi connectivity index (χ0v) is 22.4. The van der Waals surface area contributed by atoms with Crippen LogP contribution in [0.25, 0.3) is 10.9 Å². The fourth-order valence-electron chi connectivity index (χ4n) is 4.36. The van der Waals surface area contributed by atoms with Crippen LogP contribution in [-0.2, 0) is 32.0 Å². The molecule has 4 amide bonds.